The first-order valence-electron chi connectivity index (χ1n) is 7.25. The fraction of sp³-hybridized carbons (Fsp3) is 0.600. The Morgan fingerprint density at radius 1 is 1.33 bits per heavy atom. The first-order chi connectivity index (χ1) is 9.83. The number of β-amino-alcohol motifs (C(OH)–C–C–N with tert-alkyl or cyclic N) is 1. The average molecular weight is 308 g/mol. The summed E-state index contributed by atoms with van der Waals surface area (Å²) in [4.78, 5) is 9.21. The number of thiocarbonyl (C=S) groups is 1. The van der Waals surface area contributed by atoms with Gasteiger partial charge in [-0.25, -0.2) is 0 Å². The lowest BCUT2D eigenvalue weighted by Crippen LogP contribution is -2.50. The van der Waals surface area contributed by atoms with Gasteiger partial charge in [-0.15, -0.1) is 0 Å². The Labute approximate surface area is 131 Å². The number of piperazine rings is 1. The van der Waals surface area contributed by atoms with Crippen molar-refractivity contribution in [3.05, 3.63) is 29.6 Å². The fourth-order valence-electron chi connectivity index (χ4n) is 2.62. The SMILES string of the molecule is CC(C)(O)CN1CCN(Cc2ccnc(C(N)=S)c2)CC1. The molecule has 116 valence electrons. The fourth-order valence-corrected chi connectivity index (χ4v) is 2.73. The molecule has 0 aliphatic carbocycles. The van der Waals surface area contributed by atoms with E-state index in [0.29, 0.717) is 10.7 Å². The third-order valence-corrected chi connectivity index (χ3v) is 3.77. The van der Waals surface area contributed by atoms with E-state index in [0.717, 1.165) is 39.3 Å². The van der Waals surface area contributed by atoms with Crippen molar-refractivity contribution >= 4 is 17.2 Å². The standard InChI is InChI=1S/C15H24N4OS/c1-15(2,20)11-19-7-5-18(6-8-19)10-12-3-4-17-13(9-12)14(16)21/h3-4,9,20H,5-8,10-11H2,1-2H3,(H2,16,21). The molecule has 0 spiro atoms. The molecule has 2 heterocycles. The van der Waals surface area contributed by atoms with Crippen molar-refractivity contribution in [1.29, 1.82) is 0 Å². The van der Waals surface area contributed by atoms with Gasteiger partial charge in [0.05, 0.1) is 11.3 Å². The van der Waals surface area contributed by atoms with Crippen LogP contribution in [0.3, 0.4) is 0 Å². The van der Waals surface area contributed by atoms with E-state index < -0.39 is 5.60 Å². The molecule has 0 saturated carbocycles. The van der Waals surface area contributed by atoms with Gasteiger partial charge in [0, 0.05) is 45.5 Å². The van der Waals surface area contributed by atoms with Crippen molar-refractivity contribution < 1.29 is 5.11 Å². The van der Waals surface area contributed by atoms with E-state index in [1.807, 2.05) is 26.0 Å². The molecule has 2 rings (SSSR count). The third-order valence-electron chi connectivity index (χ3n) is 3.56. The van der Waals surface area contributed by atoms with Gasteiger partial charge >= 0.3 is 0 Å². The van der Waals surface area contributed by atoms with E-state index >= 15 is 0 Å². The zero-order valence-electron chi connectivity index (χ0n) is 12.7. The molecule has 1 aromatic heterocycles. The molecule has 1 fully saturated rings. The summed E-state index contributed by atoms with van der Waals surface area (Å²) in [7, 11) is 0. The highest BCUT2D eigenvalue weighted by atomic mass is 32.1. The summed E-state index contributed by atoms with van der Waals surface area (Å²) in [5.41, 5.74) is 6.86. The second-order valence-electron chi connectivity index (χ2n) is 6.28. The largest absolute Gasteiger partial charge is 0.389 e. The average Bonchev–Trinajstić information content (AvgIpc) is 2.40. The summed E-state index contributed by atoms with van der Waals surface area (Å²) in [5.74, 6) is 0. The zero-order valence-corrected chi connectivity index (χ0v) is 13.6. The lowest BCUT2D eigenvalue weighted by atomic mass is 10.1. The molecule has 0 atom stereocenters. The van der Waals surface area contributed by atoms with Gasteiger partial charge in [-0.1, -0.05) is 12.2 Å². The van der Waals surface area contributed by atoms with E-state index in [1.165, 1.54) is 5.56 Å². The maximum atomic E-state index is 9.87. The van der Waals surface area contributed by atoms with E-state index in [-0.39, 0.29) is 0 Å². The van der Waals surface area contributed by atoms with Crippen LogP contribution in [0, 0.1) is 0 Å². The molecule has 3 N–H and O–H groups in total. The molecule has 1 saturated heterocycles. The van der Waals surface area contributed by atoms with Crippen LogP contribution in [0.1, 0.15) is 25.1 Å². The van der Waals surface area contributed by atoms with E-state index in [2.05, 4.69) is 14.8 Å². The Balaban J connectivity index is 1.86. The van der Waals surface area contributed by atoms with Crippen LogP contribution in [0.5, 0.6) is 0 Å². The van der Waals surface area contributed by atoms with E-state index in [1.54, 1.807) is 6.20 Å². The zero-order chi connectivity index (χ0) is 15.5. The summed E-state index contributed by atoms with van der Waals surface area (Å²) in [6.07, 6.45) is 1.76. The first kappa shape index (κ1) is 16.3. The molecule has 1 aliphatic rings. The van der Waals surface area contributed by atoms with Crippen molar-refractivity contribution in [2.24, 2.45) is 5.73 Å². The van der Waals surface area contributed by atoms with Crippen molar-refractivity contribution in [2.45, 2.75) is 26.0 Å². The number of nitrogens with zero attached hydrogens (tertiary/aromatic N) is 3. The number of pyridine rings is 1. The number of hydrogen-bond donors (Lipinski definition) is 2. The summed E-state index contributed by atoms with van der Waals surface area (Å²) in [5, 5.41) is 9.87. The van der Waals surface area contributed by atoms with Crippen LogP contribution >= 0.6 is 12.2 Å². The van der Waals surface area contributed by atoms with Crippen LogP contribution in [0.25, 0.3) is 0 Å². The smallest absolute Gasteiger partial charge is 0.122 e. The van der Waals surface area contributed by atoms with Crippen LogP contribution in [-0.4, -0.2) is 63.2 Å². The Kier molecular flexibility index (Phi) is 5.27. The number of aliphatic hydroxyl groups is 1. The van der Waals surface area contributed by atoms with Crippen LogP contribution in [-0.2, 0) is 6.54 Å². The van der Waals surface area contributed by atoms with Gasteiger partial charge < -0.3 is 10.8 Å². The first-order valence-corrected chi connectivity index (χ1v) is 7.66. The number of aromatic nitrogens is 1. The van der Waals surface area contributed by atoms with E-state index in [9.17, 15) is 5.11 Å². The van der Waals surface area contributed by atoms with Crippen LogP contribution in [0.4, 0.5) is 0 Å². The minimum atomic E-state index is -0.626. The monoisotopic (exact) mass is 308 g/mol. The van der Waals surface area contributed by atoms with E-state index in [4.69, 9.17) is 18.0 Å². The highest BCUT2D eigenvalue weighted by molar-refractivity contribution is 7.80. The molecule has 0 aromatic carbocycles. The Morgan fingerprint density at radius 3 is 2.52 bits per heavy atom. The molecular weight excluding hydrogens is 284 g/mol. The molecule has 0 amide bonds. The molecule has 1 aromatic rings. The Hall–Kier alpha value is -1.08. The number of rotatable bonds is 5. The topological polar surface area (TPSA) is 65.6 Å². The van der Waals surface area contributed by atoms with Crippen LogP contribution in [0.2, 0.25) is 0 Å². The molecule has 21 heavy (non-hydrogen) atoms. The van der Waals surface area contributed by atoms with Crippen molar-refractivity contribution in [2.75, 3.05) is 32.7 Å². The second kappa shape index (κ2) is 6.79. The lowest BCUT2D eigenvalue weighted by molar-refractivity contribution is 0.0167. The predicted molar refractivity (Wildman–Crippen MR) is 88.1 cm³/mol. The minimum Gasteiger partial charge on any atom is -0.389 e. The van der Waals surface area contributed by atoms with Gasteiger partial charge in [0.15, 0.2) is 0 Å². The molecule has 5 nitrogen and oxygen atoms in total. The van der Waals surface area contributed by atoms with Crippen molar-refractivity contribution in [3.8, 4) is 0 Å². The van der Waals surface area contributed by atoms with Gasteiger partial charge in [-0.3, -0.25) is 14.8 Å². The Morgan fingerprint density at radius 2 is 1.95 bits per heavy atom. The second-order valence-corrected chi connectivity index (χ2v) is 6.72. The molecule has 1 aliphatic heterocycles. The summed E-state index contributed by atoms with van der Waals surface area (Å²) in [6, 6.07) is 3.97. The molecular formula is C15H24N4OS. The van der Waals surface area contributed by atoms with Gasteiger partial charge in [-0.05, 0) is 31.5 Å². The minimum absolute atomic E-state index is 0.340. The van der Waals surface area contributed by atoms with Gasteiger partial charge in [0.1, 0.15) is 4.99 Å². The molecule has 0 unspecified atom stereocenters. The Bertz CT molecular complexity index is 493. The maximum absolute atomic E-state index is 9.87. The summed E-state index contributed by atoms with van der Waals surface area (Å²) in [6.45, 7) is 9.29. The summed E-state index contributed by atoms with van der Waals surface area (Å²) >= 11 is 4.96. The quantitative estimate of drug-likeness (QED) is 0.777. The van der Waals surface area contributed by atoms with Gasteiger partial charge in [0.25, 0.3) is 0 Å². The number of nitrogens with two attached hydrogens (primary N) is 1. The van der Waals surface area contributed by atoms with Gasteiger partial charge in [0.2, 0.25) is 0 Å². The molecule has 0 bridgehead atoms. The molecule has 0 radical (unpaired) electrons. The number of hydrogen-bond acceptors (Lipinski definition) is 5. The molecule has 6 heteroatoms. The maximum Gasteiger partial charge on any atom is 0.122 e. The predicted octanol–water partition coefficient (Wildman–Crippen LogP) is 0.604. The van der Waals surface area contributed by atoms with Gasteiger partial charge in [-0.2, -0.15) is 0 Å². The van der Waals surface area contributed by atoms with Crippen molar-refractivity contribution in [3.63, 3.8) is 0 Å². The van der Waals surface area contributed by atoms with Crippen LogP contribution < -0.4 is 5.73 Å². The van der Waals surface area contributed by atoms with Crippen LogP contribution in [0.15, 0.2) is 18.3 Å². The highest BCUT2D eigenvalue weighted by Gasteiger charge is 2.22. The third kappa shape index (κ3) is 5.32. The normalized spacial score (nSPS) is 17.9. The highest BCUT2D eigenvalue weighted by Crippen LogP contribution is 2.12. The summed E-state index contributed by atoms with van der Waals surface area (Å²) < 4.78 is 0. The van der Waals surface area contributed by atoms with Crippen molar-refractivity contribution in [1.82, 2.24) is 14.8 Å². The lowest BCUT2D eigenvalue weighted by Gasteiger charge is -2.37.